The summed E-state index contributed by atoms with van der Waals surface area (Å²) in [6, 6.07) is 10.9. The van der Waals surface area contributed by atoms with Crippen molar-refractivity contribution in [2.45, 2.75) is 0 Å². The topological polar surface area (TPSA) is 147 Å². The van der Waals surface area contributed by atoms with E-state index in [9.17, 15) is 24.5 Å². The molecule has 11 nitrogen and oxygen atoms in total. The molecule has 1 N–H and O–H groups in total. The zero-order chi connectivity index (χ0) is 23.1. The van der Waals surface area contributed by atoms with Gasteiger partial charge in [0.2, 0.25) is 0 Å². The number of nitro benzene ring substituents is 1. The number of methoxy groups -OCH3 is 1. The molecule has 32 heavy (non-hydrogen) atoms. The summed E-state index contributed by atoms with van der Waals surface area (Å²) in [5, 5.41) is 13.6. The summed E-state index contributed by atoms with van der Waals surface area (Å²) in [7, 11) is 1.49. The summed E-state index contributed by atoms with van der Waals surface area (Å²) >= 11 is 0. The highest BCUT2D eigenvalue weighted by Gasteiger charge is 2.15. The predicted octanol–water partition coefficient (Wildman–Crippen LogP) is 2.06. The van der Waals surface area contributed by atoms with E-state index in [1.54, 1.807) is 0 Å². The average molecular weight is 442 g/mol. The number of hydrogen-bond acceptors (Lipinski definition) is 9. The molecule has 1 amide bonds. The number of esters is 1. The highest BCUT2D eigenvalue weighted by atomic mass is 16.6. The molecule has 0 saturated heterocycles. The third-order valence-corrected chi connectivity index (χ3v) is 4.18. The van der Waals surface area contributed by atoms with Crippen molar-refractivity contribution in [3.05, 3.63) is 74.6 Å². The van der Waals surface area contributed by atoms with Crippen LogP contribution in [0.2, 0.25) is 0 Å². The molecule has 0 radical (unpaired) electrons. The Morgan fingerprint density at radius 2 is 1.81 bits per heavy atom. The SMILES string of the molecule is COCCNC(=O)c1cc2ccc(OC(=O)COc3ccc([N+](=O)[O-])cc3)cc2oc1=O. The molecule has 0 bridgehead atoms. The Labute approximate surface area is 180 Å². The number of carbonyl (C=O) groups is 2. The number of carbonyl (C=O) groups excluding carboxylic acids is 2. The number of nitrogens with one attached hydrogen (secondary N) is 1. The first-order valence-corrected chi connectivity index (χ1v) is 9.30. The lowest BCUT2D eigenvalue weighted by Crippen LogP contribution is -2.30. The normalized spacial score (nSPS) is 10.5. The standard InChI is InChI=1S/C21H18N2O9/c1-29-9-8-22-20(25)17-10-13-2-5-16(11-18(13)32-21(17)26)31-19(24)12-30-15-6-3-14(4-7-15)23(27)28/h2-7,10-11H,8-9,12H2,1H3,(H,22,25). The third kappa shape index (κ3) is 5.67. The van der Waals surface area contributed by atoms with Crippen LogP contribution in [0.4, 0.5) is 5.69 Å². The fourth-order valence-corrected chi connectivity index (χ4v) is 2.64. The van der Waals surface area contributed by atoms with Crippen LogP contribution in [-0.4, -0.2) is 43.7 Å². The van der Waals surface area contributed by atoms with Gasteiger partial charge >= 0.3 is 11.6 Å². The molecule has 0 aliphatic heterocycles. The van der Waals surface area contributed by atoms with Gasteiger partial charge in [0.05, 0.1) is 11.5 Å². The van der Waals surface area contributed by atoms with Gasteiger partial charge in [0.1, 0.15) is 22.6 Å². The lowest BCUT2D eigenvalue weighted by molar-refractivity contribution is -0.384. The highest BCUT2D eigenvalue weighted by molar-refractivity contribution is 5.96. The molecule has 0 unspecified atom stereocenters. The van der Waals surface area contributed by atoms with E-state index in [4.69, 9.17) is 18.6 Å². The molecule has 0 atom stereocenters. The zero-order valence-electron chi connectivity index (χ0n) is 16.9. The fourth-order valence-electron chi connectivity index (χ4n) is 2.64. The van der Waals surface area contributed by atoms with Crippen molar-refractivity contribution in [1.82, 2.24) is 5.32 Å². The van der Waals surface area contributed by atoms with Gasteiger partial charge in [0, 0.05) is 37.2 Å². The van der Waals surface area contributed by atoms with Crippen LogP contribution in [0.1, 0.15) is 10.4 Å². The lowest BCUT2D eigenvalue weighted by Gasteiger charge is -2.08. The van der Waals surface area contributed by atoms with Gasteiger partial charge in [0.15, 0.2) is 6.61 Å². The van der Waals surface area contributed by atoms with Crippen LogP contribution >= 0.6 is 0 Å². The fraction of sp³-hybridized carbons (Fsp3) is 0.190. The monoisotopic (exact) mass is 442 g/mol. The van der Waals surface area contributed by atoms with Gasteiger partial charge in [0.25, 0.3) is 11.6 Å². The van der Waals surface area contributed by atoms with Crippen molar-refractivity contribution in [2.24, 2.45) is 0 Å². The van der Waals surface area contributed by atoms with Crippen LogP contribution in [0.15, 0.2) is 57.7 Å². The van der Waals surface area contributed by atoms with Crippen LogP contribution in [0.5, 0.6) is 11.5 Å². The number of hydrogen-bond donors (Lipinski definition) is 1. The number of fused-ring (bicyclic) bond motifs is 1. The molecule has 2 aromatic carbocycles. The third-order valence-electron chi connectivity index (χ3n) is 4.18. The Morgan fingerprint density at radius 3 is 2.50 bits per heavy atom. The van der Waals surface area contributed by atoms with Gasteiger partial charge < -0.3 is 23.9 Å². The maximum atomic E-state index is 12.1. The average Bonchev–Trinajstić information content (AvgIpc) is 2.77. The number of benzene rings is 2. The van der Waals surface area contributed by atoms with Crippen molar-refractivity contribution < 1.29 is 33.1 Å². The van der Waals surface area contributed by atoms with Gasteiger partial charge in [-0.05, 0) is 30.3 Å². The largest absolute Gasteiger partial charge is 0.482 e. The second-order valence-electron chi connectivity index (χ2n) is 6.41. The van der Waals surface area contributed by atoms with E-state index in [1.807, 2.05) is 0 Å². The summed E-state index contributed by atoms with van der Waals surface area (Å²) in [6.45, 7) is 0.0946. The Hall–Kier alpha value is -4.25. The smallest absolute Gasteiger partial charge is 0.349 e. The van der Waals surface area contributed by atoms with Crippen LogP contribution in [0.3, 0.4) is 0 Å². The minimum atomic E-state index is -0.836. The van der Waals surface area contributed by atoms with Crippen LogP contribution < -0.4 is 20.4 Å². The molecular formula is C21H18N2O9. The van der Waals surface area contributed by atoms with Gasteiger partial charge in [-0.3, -0.25) is 14.9 Å². The van der Waals surface area contributed by atoms with Crippen LogP contribution in [0.25, 0.3) is 11.0 Å². The molecule has 0 aliphatic rings. The molecule has 11 heteroatoms. The Kier molecular flexibility index (Phi) is 7.13. The maximum absolute atomic E-state index is 12.1. The first-order valence-electron chi connectivity index (χ1n) is 9.30. The molecule has 3 rings (SSSR count). The molecule has 0 fully saturated rings. The molecule has 0 saturated carbocycles. The Balaban J connectivity index is 1.64. The Bertz CT molecular complexity index is 1200. The molecule has 166 valence electrons. The summed E-state index contributed by atoms with van der Waals surface area (Å²) in [4.78, 5) is 46.3. The van der Waals surface area contributed by atoms with Gasteiger partial charge in [-0.15, -0.1) is 0 Å². The summed E-state index contributed by atoms with van der Waals surface area (Å²) in [5.74, 6) is -0.959. The molecule has 1 heterocycles. The number of non-ortho nitro benzene ring substituents is 1. The number of amides is 1. The predicted molar refractivity (Wildman–Crippen MR) is 111 cm³/mol. The molecule has 1 aromatic heterocycles. The van der Waals surface area contributed by atoms with E-state index in [0.29, 0.717) is 12.0 Å². The van der Waals surface area contributed by atoms with Gasteiger partial charge in [-0.2, -0.15) is 0 Å². The molecule has 0 aliphatic carbocycles. The van der Waals surface area contributed by atoms with Crippen molar-refractivity contribution >= 4 is 28.5 Å². The van der Waals surface area contributed by atoms with E-state index in [2.05, 4.69) is 5.32 Å². The quantitative estimate of drug-likeness (QED) is 0.131. The van der Waals surface area contributed by atoms with E-state index < -0.39 is 29.0 Å². The van der Waals surface area contributed by atoms with Crippen molar-refractivity contribution in [1.29, 1.82) is 0 Å². The van der Waals surface area contributed by atoms with Crippen LogP contribution in [0, 0.1) is 10.1 Å². The number of nitro groups is 1. The summed E-state index contributed by atoms with van der Waals surface area (Å²) in [5.41, 5.74) is -0.967. The first-order chi connectivity index (χ1) is 15.4. The number of ether oxygens (including phenoxy) is 3. The highest BCUT2D eigenvalue weighted by Crippen LogP contribution is 2.21. The number of rotatable bonds is 9. The molecule has 0 spiro atoms. The lowest BCUT2D eigenvalue weighted by atomic mass is 10.1. The maximum Gasteiger partial charge on any atom is 0.349 e. The summed E-state index contributed by atoms with van der Waals surface area (Å²) in [6.07, 6.45) is 0. The van der Waals surface area contributed by atoms with E-state index >= 15 is 0 Å². The number of nitrogens with zero attached hydrogens (tertiary/aromatic N) is 1. The van der Waals surface area contributed by atoms with E-state index in [1.165, 1.54) is 55.6 Å². The van der Waals surface area contributed by atoms with Gasteiger partial charge in [-0.1, -0.05) is 0 Å². The molecule has 3 aromatic rings. The summed E-state index contributed by atoms with van der Waals surface area (Å²) < 4.78 is 20.4. The second-order valence-corrected chi connectivity index (χ2v) is 6.41. The van der Waals surface area contributed by atoms with Crippen LogP contribution in [-0.2, 0) is 9.53 Å². The van der Waals surface area contributed by atoms with Gasteiger partial charge in [-0.25, -0.2) is 9.59 Å². The van der Waals surface area contributed by atoms with Crippen molar-refractivity contribution in [3.63, 3.8) is 0 Å². The second kappa shape index (κ2) is 10.2. The van der Waals surface area contributed by atoms with E-state index in [0.717, 1.165) is 0 Å². The zero-order valence-corrected chi connectivity index (χ0v) is 16.9. The van der Waals surface area contributed by atoms with Crippen molar-refractivity contribution in [2.75, 3.05) is 26.9 Å². The van der Waals surface area contributed by atoms with Crippen molar-refractivity contribution in [3.8, 4) is 11.5 Å². The first kappa shape index (κ1) is 22.4. The minimum Gasteiger partial charge on any atom is -0.482 e. The minimum absolute atomic E-state index is 0.104. The van der Waals surface area contributed by atoms with E-state index in [-0.39, 0.29) is 34.9 Å². The molecular weight excluding hydrogens is 424 g/mol. The Morgan fingerprint density at radius 1 is 1.09 bits per heavy atom.